The molecule has 0 amide bonds. The van der Waals surface area contributed by atoms with E-state index >= 15 is 0 Å². The van der Waals surface area contributed by atoms with E-state index in [4.69, 9.17) is 0 Å². The van der Waals surface area contributed by atoms with E-state index in [1.165, 1.54) is 18.2 Å². The first-order valence-electron chi connectivity index (χ1n) is 6.98. The van der Waals surface area contributed by atoms with Gasteiger partial charge >= 0.3 is 0 Å². The predicted octanol–water partition coefficient (Wildman–Crippen LogP) is 3.34. The fraction of sp³-hybridized carbons (Fsp3) is 0.250. The van der Waals surface area contributed by atoms with Crippen molar-refractivity contribution in [1.82, 2.24) is 4.72 Å². The van der Waals surface area contributed by atoms with E-state index in [1.54, 1.807) is 51.1 Å². The normalized spacial score (nSPS) is 12.1. The minimum Gasteiger partial charge on any atom is -0.258 e. The Morgan fingerprint density at radius 1 is 1.00 bits per heavy atom. The van der Waals surface area contributed by atoms with Gasteiger partial charge < -0.3 is 0 Å². The van der Waals surface area contributed by atoms with E-state index in [-0.39, 0.29) is 10.6 Å². The summed E-state index contributed by atoms with van der Waals surface area (Å²) in [5.41, 5.74) is 0.434. The number of nitro groups is 1. The number of sulfonamides is 1. The molecule has 1 N–H and O–H groups in total. The van der Waals surface area contributed by atoms with Crippen LogP contribution in [0.4, 0.5) is 5.69 Å². The Labute approximate surface area is 135 Å². The number of nitrogens with zero attached hydrogens (tertiary/aromatic N) is 1. The summed E-state index contributed by atoms with van der Waals surface area (Å²) in [6, 6.07) is 12.4. The molecule has 0 aliphatic rings. The van der Waals surface area contributed by atoms with Gasteiger partial charge in [-0.15, -0.1) is 0 Å². The van der Waals surface area contributed by atoms with Crippen molar-refractivity contribution in [1.29, 1.82) is 0 Å². The minimum atomic E-state index is -3.63. The molecule has 7 heteroatoms. The van der Waals surface area contributed by atoms with E-state index in [9.17, 15) is 18.5 Å². The lowest BCUT2D eigenvalue weighted by atomic mass is 10.0. The molecule has 2 aromatic rings. The highest BCUT2D eigenvalue weighted by Crippen LogP contribution is 2.30. The maximum Gasteiger partial charge on any atom is 0.277 e. The van der Waals surface area contributed by atoms with Crippen molar-refractivity contribution in [2.24, 2.45) is 0 Å². The van der Waals surface area contributed by atoms with Gasteiger partial charge in [0.25, 0.3) is 5.69 Å². The first-order chi connectivity index (χ1) is 10.6. The maximum atomic E-state index is 12.3. The second-order valence-corrected chi connectivity index (χ2v) is 7.84. The fourth-order valence-electron chi connectivity index (χ4n) is 2.15. The third kappa shape index (κ3) is 4.14. The second-order valence-electron chi connectivity index (χ2n) is 6.15. The van der Waals surface area contributed by atoms with Gasteiger partial charge in [-0.05, 0) is 44.5 Å². The quantitative estimate of drug-likeness (QED) is 0.686. The van der Waals surface area contributed by atoms with E-state index < -0.39 is 20.5 Å². The van der Waals surface area contributed by atoms with Gasteiger partial charge in [0.1, 0.15) is 0 Å². The summed E-state index contributed by atoms with van der Waals surface area (Å²) in [4.78, 5) is 10.7. The topological polar surface area (TPSA) is 89.3 Å². The smallest absolute Gasteiger partial charge is 0.258 e. The van der Waals surface area contributed by atoms with Crippen molar-refractivity contribution in [3.63, 3.8) is 0 Å². The van der Waals surface area contributed by atoms with Crippen LogP contribution in [0.1, 0.15) is 20.8 Å². The summed E-state index contributed by atoms with van der Waals surface area (Å²) in [7, 11) is -3.63. The van der Waals surface area contributed by atoms with E-state index in [2.05, 4.69) is 4.72 Å². The molecule has 0 aliphatic carbocycles. The SMILES string of the molecule is CC(C)(C)NS(=O)(=O)c1ccc(-c2ccccc2[N+](=O)[O-])cc1. The third-order valence-corrected chi connectivity index (χ3v) is 4.79. The van der Waals surface area contributed by atoms with Gasteiger partial charge in [0.2, 0.25) is 10.0 Å². The second kappa shape index (κ2) is 6.10. The van der Waals surface area contributed by atoms with Crippen LogP contribution in [0.3, 0.4) is 0 Å². The maximum absolute atomic E-state index is 12.3. The summed E-state index contributed by atoms with van der Waals surface area (Å²) in [5, 5.41) is 11.1. The summed E-state index contributed by atoms with van der Waals surface area (Å²) in [6.45, 7) is 5.27. The fourth-order valence-corrected chi connectivity index (χ4v) is 3.57. The summed E-state index contributed by atoms with van der Waals surface area (Å²) >= 11 is 0. The minimum absolute atomic E-state index is 0.0177. The van der Waals surface area contributed by atoms with Gasteiger partial charge in [0.15, 0.2) is 0 Å². The molecular formula is C16H18N2O4S. The highest BCUT2D eigenvalue weighted by atomic mass is 32.2. The van der Waals surface area contributed by atoms with Crippen LogP contribution in [0.15, 0.2) is 53.4 Å². The molecule has 0 heterocycles. The van der Waals surface area contributed by atoms with Crippen molar-refractivity contribution >= 4 is 15.7 Å². The molecule has 2 aromatic carbocycles. The molecule has 0 fully saturated rings. The lowest BCUT2D eigenvalue weighted by Gasteiger charge is -2.20. The van der Waals surface area contributed by atoms with Gasteiger partial charge in [-0.2, -0.15) is 0 Å². The molecule has 0 unspecified atom stereocenters. The van der Waals surface area contributed by atoms with Crippen LogP contribution in [0.5, 0.6) is 0 Å². The number of nitro benzene ring substituents is 1. The highest BCUT2D eigenvalue weighted by molar-refractivity contribution is 7.89. The van der Waals surface area contributed by atoms with Crippen molar-refractivity contribution in [3.8, 4) is 11.1 Å². The lowest BCUT2D eigenvalue weighted by Crippen LogP contribution is -2.40. The van der Waals surface area contributed by atoms with E-state index in [0.717, 1.165) is 0 Å². The number of rotatable bonds is 4. The molecule has 0 aliphatic heterocycles. The molecule has 0 radical (unpaired) electrons. The molecular weight excluding hydrogens is 316 g/mol. The average Bonchev–Trinajstić information content (AvgIpc) is 2.45. The summed E-state index contributed by atoms with van der Waals surface area (Å²) < 4.78 is 27.1. The zero-order valence-corrected chi connectivity index (χ0v) is 13.9. The van der Waals surface area contributed by atoms with Crippen LogP contribution in [-0.4, -0.2) is 18.9 Å². The van der Waals surface area contributed by atoms with Crippen LogP contribution in [-0.2, 0) is 10.0 Å². The molecule has 2 rings (SSSR count). The molecule has 0 saturated carbocycles. The Hall–Kier alpha value is -2.25. The largest absolute Gasteiger partial charge is 0.277 e. The Bertz CT molecular complexity index is 822. The Morgan fingerprint density at radius 3 is 2.09 bits per heavy atom. The van der Waals surface area contributed by atoms with Crippen LogP contribution in [0.2, 0.25) is 0 Å². The molecule has 0 saturated heterocycles. The van der Waals surface area contributed by atoms with Gasteiger partial charge in [-0.3, -0.25) is 10.1 Å². The number of nitrogens with one attached hydrogen (secondary N) is 1. The monoisotopic (exact) mass is 334 g/mol. The summed E-state index contributed by atoms with van der Waals surface area (Å²) in [6.07, 6.45) is 0. The third-order valence-electron chi connectivity index (χ3n) is 3.02. The van der Waals surface area contributed by atoms with Gasteiger partial charge in [0.05, 0.1) is 15.4 Å². The summed E-state index contributed by atoms with van der Waals surface area (Å²) in [5.74, 6) is 0. The highest BCUT2D eigenvalue weighted by Gasteiger charge is 2.22. The average molecular weight is 334 g/mol. The predicted molar refractivity (Wildman–Crippen MR) is 88.6 cm³/mol. The standard InChI is InChI=1S/C16H18N2O4S/c1-16(2,3)17-23(21,22)13-10-8-12(9-11-13)14-6-4-5-7-15(14)18(19)20/h4-11,17H,1-3H3. The first-order valence-corrected chi connectivity index (χ1v) is 8.46. The number of para-hydroxylation sites is 1. The Morgan fingerprint density at radius 2 is 1.57 bits per heavy atom. The Kier molecular flexibility index (Phi) is 4.53. The van der Waals surface area contributed by atoms with Crippen molar-refractivity contribution < 1.29 is 13.3 Å². The number of benzene rings is 2. The van der Waals surface area contributed by atoms with Gasteiger partial charge in [-0.1, -0.05) is 24.3 Å². The Balaban J connectivity index is 2.40. The molecule has 0 spiro atoms. The van der Waals surface area contributed by atoms with Crippen LogP contribution in [0, 0.1) is 10.1 Å². The molecule has 0 aromatic heterocycles. The van der Waals surface area contributed by atoms with Gasteiger partial charge in [-0.25, -0.2) is 13.1 Å². The molecule has 6 nitrogen and oxygen atoms in total. The molecule has 0 bridgehead atoms. The molecule has 0 atom stereocenters. The zero-order chi connectivity index (χ0) is 17.3. The number of hydrogen-bond donors (Lipinski definition) is 1. The first kappa shape index (κ1) is 17.1. The number of hydrogen-bond acceptors (Lipinski definition) is 4. The van der Waals surface area contributed by atoms with Gasteiger partial charge in [0, 0.05) is 11.6 Å². The van der Waals surface area contributed by atoms with Crippen molar-refractivity contribution in [2.75, 3.05) is 0 Å². The van der Waals surface area contributed by atoms with Crippen LogP contribution < -0.4 is 4.72 Å². The van der Waals surface area contributed by atoms with Crippen LogP contribution >= 0.6 is 0 Å². The lowest BCUT2D eigenvalue weighted by molar-refractivity contribution is -0.384. The van der Waals surface area contributed by atoms with Crippen molar-refractivity contribution in [2.45, 2.75) is 31.2 Å². The van der Waals surface area contributed by atoms with E-state index in [1.807, 2.05) is 0 Å². The molecule has 23 heavy (non-hydrogen) atoms. The molecule has 122 valence electrons. The zero-order valence-electron chi connectivity index (χ0n) is 13.1. The van der Waals surface area contributed by atoms with Crippen molar-refractivity contribution in [3.05, 3.63) is 58.6 Å². The van der Waals surface area contributed by atoms with Crippen LogP contribution in [0.25, 0.3) is 11.1 Å². The van der Waals surface area contributed by atoms with E-state index in [0.29, 0.717) is 11.1 Å².